The molecule has 1 aliphatic carbocycles. The fourth-order valence-electron chi connectivity index (χ4n) is 3.13. The zero-order valence-corrected chi connectivity index (χ0v) is 12.4. The van der Waals surface area contributed by atoms with Crippen molar-refractivity contribution in [2.45, 2.75) is 31.8 Å². The van der Waals surface area contributed by atoms with Crippen LogP contribution in [-0.2, 0) is 13.0 Å². The zero-order chi connectivity index (χ0) is 14.8. The van der Waals surface area contributed by atoms with Crippen molar-refractivity contribution >= 4 is 0 Å². The van der Waals surface area contributed by atoms with E-state index in [1.54, 1.807) is 6.20 Å². The summed E-state index contributed by atoms with van der Waals surface area (Å²) in [6, 6.07) is 13.0. The third-order valence-electron chi connectivity index (χ3n) is 4.31. The Bertz CT molecular complexity index is 728. The minimum atomic E-state index is 0.410. The van der Waals surface area contributed by atoms with E-state index in [0.29, 0.717) is 6.04 Å². The zero-order valence-electron chi connectivity index (χ0n) is 12.4. The number of nitrogens with one attached hydrogen (secondary N) is 1. The normalized spacial score (nSPS) is 17.4. The lowest BCUT2D eigenvalue weighted by molar-refractivity contribution is 0.411. The molecule has 0 spiro atoms. The number of hydrogen-bond acceptors (Lipinski definition) is 3. The van der Waals surface area contributed by atoms with Gasteiger partial charge in [-0.1, -0.05) is 12.1 Å². The van der Waals surface area contributed by atoms with Crippen LogP contribution in [0.5, 0.6) is 0 Å². The second-order valence-corrected chi connectivity index (χ2v) is 5.74. The highest BCUT2D eigenvalue weighted by molar-refractivity contribution is 5.34. The summed E-state index contributed by atoms with van der Waals surface area (Å²) < 4.78 is 7.42. The maximum absolute atomic E-state index is 5.55. The molecule has 1 N–H and O–H groups in total. The van der Waals surface area contributed by atoms with Gasteiger partial charge in [-0.05, 0) is 42.7 Å². The van der Waals surface area contributed by atoms with Crippen molar-refractivity contribution in [2.75, 3.05) is 0 Å². The van der Waals surface area contributed by atoms with Gasteiger partial charge in [0.05, 0.1) is 12.0 Å². The number of rotatable bonds is 4. The molecule has 0 aliphatic heterocycles. The molecule has 0 amide bonds. The van der Waals surface area contributed by atoms with E-state index < -0.39 is 0 Å². The molecule has 3 aromatic rings. The molecule has 0 fully saturated rings. The van der Waals surface area contributed by atoms with Crippen LogP contribution in [0, 0.1) is 0 Å². The van der Waals surface area contributed by atoms with Crippen molar-refractivity contribution < 1.29 is 4.42 Å². The van der Waals surface area contributed by atoms with Gasteiger partial charge in [0.1, 0.15) is 5.76 Å². The van der Waals surface area contributed by atoms with Gasteiger partial charge in [-0.25, -0.2) is 4.68 Å². The van der Waals surface area contributed by atoms with E-state index in [1.165, 1.54) is 24.0 Å². The van der Waals surface area contributed by atoms with Crippen molar-refractivity contribution in [3.05, 3.63) is 71.9 Å². The third-order valence-corrected chi connectivity index (χ3v) is 4.31. The van der Waals surface area contributed by atoms with E-state index in [9.17, 15) is 0 Å². The predicted molar refractivity (Wildman–Crippen MR) is 84.8 cm³/mol. The molecule has 0 saturated heterocycles. The van der Waals surface area contributed by atoms with Crippen LogP contribution >= 0.6 is 0 Å². The standard InChI is InChI=1S/C18H19N3O/c1-3-17(16-9-12-22-18(16)4-1)19-13-14-5-7-15(8-6-14)21-11-2-10-20-21/h2,5-12,17,19H,1,3-4,13H2. The molecule has 2 heterocycles. The third kappa shape index (κ3) is 2.57. The number of aryl methyl sites for hydroxylation is 1. The second-order valence-electron chi connectivity index (χ2n) is 5.74. The first-order valence-corrected chi connectivity index (χ1v) is 7.79. The first-order valence-electron chi connectivity index (χ1n) is 7.79. The Morgan fingerprint density at radius 1 is 1.23 bits per heavy atom. The molecule has 1 aliphatic rings. The molecule has 22 heavy (non-hydrogen) atoms. The Labute approximate surface area is 129 Å². The summed E-state index contributed by atoms with van der Waals surface area (Å²) in [5.74, 6) is 1.15. The van der Waals surface area contributed by atoms with E-state index in [2.05, 4.69) is 40.7 Å². The summed E-state index contributed by atoms with van der Waals surface area (Å²) in [5, 5.41) is 7.90. The lowest BCUT2D eigenvalue weighted by atomic mass is 9.93. The number of furan rings is 1. The van der Waals surface area contributed by atoms with Crippen molar-refractivity contribution in [3.8, 4) is 5.69 Å². The quantitative estimate of drug-likeness (QED) is 0.798. The highest BCUT2D eigenvalue weighted by Gasteiger charge is 2.21. The summed E-state index contributed by atoms with van der Waals surface area (Å²) in [5.41, 5.74) is 3.70. The molecule has 1 atom stereocenters. The Morgan fingerprint density at radius 3 is 2.95 bits per heavy atom. The van der Waals surface area contributed by atoms with E-state index in [1.807, 2.05) is 23.2 Å². The molecule has 0 radical (unpaired) electrons. The number of hydrogen-bond donors (Lipinski definition) is 1. The SMILES string of the molecule is c1cnn(-c2ccc(CNC3CCCc4occc43)cc2)c1. The topological polar surface area (TPSA) is 43.0 Å². The Kier molecular flexibility index (Phi) is 3.52. The first kappa shape index (κ1) is 13.3. The van der Waals surface area contributed by atoms with Crippen molar-refractivity contribution in [1.82, 2.24) is 15.1 Å². The lowest BCUT2D eigenvalue weighted by Crippen LogP contribution is -2.24. The molecule has 4 rings (SSSR count). The molecule has 112 valence electrons. The number of benzene rings is 1. The molecule has 1 aromatic carbocycles. The van der Waals surface area contributed by atoms with Gasteiger partial charge < -0.3 is 9.73 Å². The highest BCUT2D eigenvalue weighted by atomic mass is 16.3. The largest absolute Gasteiger partial charge is 0.469 e. The van der Waals surface area contributed by atoms with Gasteiger partial charge in [0.2, 0.25) is 0 Å². The summed E-state index contributed by atoms with van der Waals surface area (Å²) in [6.07, 6.45) is 8.99. The summed E-state index contributed by atoms with van der Waals surface area (Å²) in [6.45, 7) is 0.870. The van der Waals surface area contributed by atoms with Crippen LogP contribution in [-0.4, -0.2) is 9.78 Å². The van der Waals surface area contributed by atoms with Crippen LogP contribution in [0.1, 0.15) is 35.8 Å². The minimum Gasteiger partial charge on any atom is -0.469 e. The molecular formula is C18H19N3O. The molecule has 0 bridgehead atoms. The van der Waals surface area contributed by atoms with Gasteiger partial charge in [-0.3, -0.25) is 0 Å². The van der Waals surface area contributed by atoms with E-state index in [0.717, 1.165) is 24.4 Å². The Morgan fingerprint density at radius 2 is 2.14 bits per heavy atom. The fourth-order valence-corrected chi connectivity index (χ4v) is 3.13. The average Bonchev–Trinajstić information content (AvgIpc) is 3.24. The van der Waals surface area contributed by atoms with Gasteiger partial charge in [0, 0.05) is 37.0 Å². The van der Waals surface area contributed by atoms with Gasteiger partial charge in [-0.2, -0.15) is 5.10 Å². The maximum Gasteiger partial charge on any atom is 0.108 e. The second kappa shape index (κ2) is 5.81. The molecule has 4 nitrogen and oxygen atoms in total. The Balaban J connectivity index is 1.43. The van der Waals surface area contributed by atoms with Gasteiger partial charge in [0.15, 0.2) is 0 Å². The van der Waals surface area contributed by atoms with Gasteiger partial charge in [0.25, 0.3) is 0 Å². The summed E-state index contributed by atoms with van der Waals surface area (Å²) >= 11 is 0. The number of aromatic nitrogens is 2. The van der Waals surface area contributed by atoms with Crippen molar-refractivity contribution in [3.63, 3.8) is 0 Å². The molecule has 4 heteroatoms. The highest BCUT2D eigenvalue weighted by Crippen LogP contribution is 2.30. The fraction of sp³-hybridized carbons (Fsp3) is 0.278. The Hall–Kier alpha value is -2.33. The lowest BCUT2D eigenvalue weighted by Gasteiger charge is -2.23. The molecule has 1 unspecified atom stereocenters. The first-order chi connectivity index (χ1) is 10.9. The molecule has 0 saturated carbocycles. The van der Waals surface area contributed by atoms with E-state index in [4.69, 9.17) is 4.42 Å². The average molecular weight is 293 g/mol. The van der Waals surface area contributed by atoms with Crippen LogP contribution in [0.25, 0.3) is 5.69 Å². The van der Waals surface area contributed by atoms with Crippen LogP contribution in [0.3, 0.4) is 0 Å². The predicted octanol–water partition coefficient (Wildman–Crippen LogP) is 3.63. The molecular weight excluding hydrogens is 274 g/mol. The maximum atomic E-state index is 5.55. The van der Waals surface area contributed by atoms with Crippen molar-refractivity contribution in [2.24, 2.45) is 0 Å². The van der Waals surface area contributed by atoms with Crippen LogP contribution < -0.4 is 5.32 Å². The molecule has 2 aromatic heterocycles. The minimum absolute atomic E-state index is 0.410. The number of fused-ring (bicyclic) bond motifs is 1. The van der Waals surface area contributed by atoms with Crippen molar-refractivity contribution in [1.29, 1.82) is 0 Å². The van der Waals surface area contributed by atoms with E-state index >= 15 is 0 Å². The van der Waals surface area contributed by atoms with Gasteiger partial charge >= 0.3 is 0 Å². The van der Waals surface area contributed by atoms with Gasteiger partial charge in [-0.15, -0.1) is 0 Å². The van der Waals surface area contributed by atoms with Crippen LogP contribution in [0.4, 0.5) is 0 Å². The summed E-state index contributed by atoms with van der Waals surface area (Å²) in [4.78, 5) is 0. The van der Waals surface area contributed by atoms with Crippen LogP contribution in [0.2, 0.25) is 0 Å². The van der Waals surface area contributed by atoms with E-state index in [-0.39, 0.29) is 0 Å². The number of nitrogens with zero attached hydrogens (tertiary/aromatic N) is 2. The summed E-state index contributed by atoms with van der Waals surface area (Å²) in [7, 11) is 0. The smallest absolute Gasteiger partial charge is 0.108 e. The monoisotopic (exact) mass is 293 g/mol. The van der Waals surface area contributed by atoms with Crippen LogP contribution in [0.15, 0.2) is 59.5 Å².